The van der Waals surface area contributed by atoms with Crippen LogP contribution in [0, 0.1) is 0 Å². The van der Waals surface area contributed by atoms with E-state index >= 15 is 0 Å². The molecule has 90 valence electrons. The molecule has 1 aliphatic heterocycles. The Labute approximate surface area is 98.8 Å². The maximum absolute atomic E-state index is 11.6. The normalized spacial score (nSPS) is 14.2. The van der Waals surface area contributed by atoms with Crippen LogP contribution >= 0.6 is 0 Å². The van der Waals surface area contributed by atoms with Gasteiger partial charge >= 0.3 is 5.97 Å². The molecule has 0 radical (unpaired) electrons. The summed E-state index contributed by atoms with van der Waals surface area (Å²) in [6.07, 6.45) is 0. The van der Waals surface area contributed by atoms with Gasteiger partial charge < -0.3 is 19.9 Å². The third-order valence-electron chi connectivity index (χ3n) is 2.45. The molecule has 2 rings (SSSR count). The Bertz CT molecular complexity index is 489. The summed E-state index contributed by atoms with van der Waals surface area (Å²) in [5.74, 6) is 0.793. The van der Waals surface area contributed by atoms with Crippen molar-refractivity contribution >= 4 is 11.5 Å². The first-order chi connectivity index (χ1) is 8.13. The van der Waals surface area contributed by atoms with Crippen LogP contribution in [-0.4, -0.2) is 19.9 Å². The molecule has 1 aliphatic rings. The van der Waals surface area contributed by atoms with Crippen molar-refractivity contribution in [3.8, 4) is 11.5 Å². The van der Waals surface area contributed by atoms with E-state index in [1.807, 2.05) is 0 Å². The van der Waals surface area contributed by atoms with E-state index in [0.29, 0.717) is 28.3 Å². The van der Waals surface area contributed by atoms with Crippen molar-refractivity contribution in [3.05, 3.63) is 29.5 Å². The molecule has 1 heterocycles. The third kappa shape index (κ3) is 2.04. The minimum absolute atomic E-state index is 0.192. The monoisotopic (exact) mass is 235 g/mol. The van der Waals surface area contributed by atoms with E-state index in [-0.39, 0.29) is 6.79 Å². The molecule has 2 N–H and O–H groups in total. The number of hydrogen-bond donors (Lipinski definition) is 1. The number of carbonyl (C=O) groups is 1. The van der Waals surface area contributed by atoms with Crippen molar-refractivity contribution in [1.29, 1.82) is 0 Å². The van der Waals surface area contributed by atoms with Crippen LogP contribution in [0.2, 0.25) is 0 Å². The third-order valence-corrected chi connectivity index (χ3v) is 2.45. The van der Waals surface area contributed by atoms with E-state index in [2.05, 4.69) is 0 Å². The van der Waals surface area contributed by atoms with Gasteiger partial charge in [0.05, 0.1) is 12.7 Å². The molecule has 1 aromatic carbocycles. The molecule has 5 heteroatoms. The molecule has 0 saturated carbocycles. The fourth-order valence-corrected chi connectivity index (χ4v) is 1.66. The average Bonchev–Trinajstić information content (AvgIpc) is 2.75. The summed E-state index contributed by atoms with van der Waals surface area (Å²) in [6.45, 7) is 1.84. The molecule has 0 saturated heterocycles. The lowest BCUT2D eigenvalue weighted by atomic mass is 10.0. The lowest BCUT2D eigenvalue weighted by Crippen LogP contribution is -2.09. The number of allylic oxidation sites excluding steroid dienone is 1. The Morgan fingerprint density at radius 3 is 2.71 bits per heavy atom. The summed E-state index contributed by atoms with van der Waals surface area (Å²) >= 11 is 0. The van der Waals surface area contributed by atoms with Crippen molar-refractivity contribution in [3.63, 3.8) is 0 Å². The topological polar surface area (TPSA) is 70.8 Å². The van der Waals surface area contributed by atoms with Crippen molar-refractivity contribution in [1.82, 2.24) is 0 Å². The van der Waals surface area contributed by atoms with Crippen molar-refractivity contribution in [2.45, 2.75) is 6.92 Å². The molecular formula is C12H13NO4. The fraction of sp³-hybridized carbons (Fsp3) is 0.250. The second-order valence-electron chi connectivity index (χ2n) is 3.62. The molecule has 0 spiro atoms. The Kier molecular flexibility index (Phi) is 2.91. The van der Waals surface area contributed by atoms with Crippen LogP contribution in [-0.2, 0) is 9.53 Å². The van der Waals surface area contributed by atoms with E-state index in [1.54, 1.807) is 25.1 Å². The molecule has 0 unspecified atom stereocenters. The van der Waals surface area contributed by atoms with Gasteiger partial charge in [-0.3, -0.25) is 0 Å². The predicted octanol–water partition coefficient (Wildman–Crippen LogP) is 1.28. The fourth-order valence-electron chi connectivity index (χ4n) is 1.66. The van der Waals surface area contributed by atoms with Gasteiger partial charge in [-0.15, -0.1) is 0 Å². The molecule has 17 heavy (non-hydrogen) atoms. The van der Waals surface area contributed by atoms with E-state index < -0.39 is 5.97 Å². The van der Waals surface area contributed by atoms with Crippen LogP contribution in [0.25, 0.3) is 5.57 Å². The van der Waals surface area contributed by atoms with Gasteiger partial charge in [-0.2, -0.15) is 0 Å². The number of hydrogen-bond acceptors (Lipinski definition) is 5. The minimum Gasteiger partial charge on any atom is -0.465 e. The number of rotatable bonds is 2. The highest BCUT2D eigenvalue weighted by atomic mass is 16.7. The van der Waals surface area contributed by atoms with Gasteiger partial charge in [-0.1, -0.05) is 6.07 Å². The van der Waals surface area contributed by atoms with Crippen LogP contribution in [0.4, 0.5) is 0 Å². The molecule has 0 fully saturated rings. The van der Waals surface area contributed by atoms with Crippen LogP contribution < -0.4 is 15.2 Å². The highest BCUT2D eigenvalue weighted by Gasteiger charge is 2.19. The summed E-state index contributed by atoms with van der Waals surface area (Å²) in [7, 11) is 1.32. The van der Waals surface area contributed by atoms with Gasteiger partial charge in [0.2, 0.25) is 6.79 Å². The van der Waals surface area contributed by atoms with Crippen molar-refractivity contribution in [2.24, 2.45) is 5.73 Å². The van der Waals surface area contributed by atoms with Crippen molar-refractivity contribution in [2.75, 3.05) is 13.9 Å². The van der Waals surface area contributed by atoms with Gasteiger partial charge in [-0.05, 0) is 24.6 Å². The molecule has 0 atom stereocenters. The first-order valence-corrected chi connectivity index (χ1v) is 5.08. The molecule has 5 nitrogen and oxygen atoms in total. The molecule has 0 aliphatic carbocycles. The molecule has 1 aromatic rings. The molecule has 0 amide bonds. The van der Waals surface area contributed by atoms with Crippen LogP contribution in [0.1, 0.15) is 12.5 Å². The Morgan fingerprint density at radius 2 is 2.06 bits per heavy atom. The highest BCUT2D eigenvalue weighted by Crippen LogP contribution is 2.34. The zero-order valence-electron chi connectivity index (χ0n) is 9.65. The Balaban J connectivity index is 2.45. The minimum atomic E-state index is -0.469. The number of esters is 1. The number of methoxy groups -OCH3 is 1. The average molecular weight is 235 g/mol. The van der Waals surface area contributed by atoms with E-state index in [0.717, 1.165) is 0 Å². The zero-order chi connectivity index (χ0) is 12.4. The number of benzene rings is 1. The van der Waals surface area contributed by atoms with Gasteiger partial charge in [0.1, 0.15) is 0 Å². The summed E-state index contributed by atoms with van der Waals surface area (Å²) in [6, 6.07) is 5.20. The smallest absolute Gasteiger partial charge is 0.340 e. The summed E-state index contributed by atoms with van der Waals surface area (Å²) in [4.78, 5) is 11.6. The van der Waals surface area contributed by atoms with Gasteiger partial charge in [0, 0.05) is 5.70 Å². The lowest BCUT2D eigenvalue weighted by molar-refractivity contribution is -0.133. The number of fused-ring (bicyclic) bond motifs is 1. The quantitative estimate of drug-likeness (QED) is 0.617. The number of ether oxygens (including phenoxy) is 3. The first kappa shape index (κ1) is 11.3. The second kappa shape index (κ2) is 4.37. The van der Waals surface area contributed by atoms with Gasteiger partial charge in [0.15, 0.2) is 11.5 Å². The number of nitrogens with two attached hydrogens (primary N) is 1. The second-order valence-corrected chi connectivity index (χ2v) is 3.62. The van der Waals surface area contributed by atoms with Gasteiger partial charge in [-0.25, -0.2) is 4.79 Å². The van der Waals surface area contributed by atoms with E-state index in [1.165, 1.54) is 7.11 Å². The van der Waals surface area contributed by atoms with E-state index in [9.17, 15) is 4.79 Å². The molecular weight excluding hydrogens is 222 g/mol. The largest absolute Gasteiger partial charge is 0.465 e. The summed E-state index contributed by atoms with van der Waals surface area (Å²) in [5, 5.41) is 0. The Morgan fingerprint density at radius 1 is 1.35 bits per heavy atom. The maximum atomic E-state index is 11.6. The zero-order valence-corrected chi connectivity index (χ0v) is 9.65. The van der Waals surface area contributed by atoms with Gasteiger partial charge in [0.25, 0.3) is 0 Å². The van der Waals surface area contributed by atoms with E-state index in [4.69, 9.17) is 19.9 Å². The SMILES string of the molecule is COC(=O)/C(=C(/C)N)c1ccc2c(c1)OCO2. The Hall–Kier alpha value is -2.17. The summed E-state index contributed by atoms with van der Waals surface area (Å²) < 4.78 is 15.1. The highest BCUT2D eigenvalue weighted by molar-refractivity contribution is 6.17. The van der Waals surface area contributed by atoms with Crippen LogP contribution in [0.3, 0.4) is 0 Å². The maximum Gasteiger partial charge on any atom is 0.340 e. The predicted molar refractivity (Wildman–Crippen MR) is 61.4 cm³/mol. The van der Waals surface area contributed by atoms with Crippen molar-refractivity contribution < 1.29 is 19.0 Å². The first-order valence-electron chi connectivity index (χ1n) is 5.08. The van der Waals surface area contributed by atoms with Crippen LogP contribution in [0.5, 0.6) is 11.5 Å². The lowest BCUT2D eigenvalue weighted by Gasteiger charge is -2.08. The standard InChI is InChI=1S/C12H13NO4/c1-7(13)11(12(14)15-2)8-3-4-9-10(5-8)17-6-16-9/h3-5H,6,13H2,1-2H3/b11-7-. The number of carbonyl (C=O) groups excluding carboxylic acids is 1. The molecule has 0 aromatic heterocycles. The summed E-state index contributed by atoms with van der Waals surface area (Å²) in [5.41, 5.74) is 7.09. The molecule has 0 bridgehead atoms. The van der Waals surface area contributed by atoms with Crippen LogP contribution in [0.15, 0.2) is 23.9 Å².